The highest BCUT2D eigenvalue weighted by Gasteiger charge is 2.28. The number of anilines is 1. The van der Waals surface area contributed by atoms with E-state index < -0.39 is 0 Å². The van der Waals surface area contributed by atoms with Crippen LogP contribution in [0.4, 0.5) is 5.82 Å². The first kappa shape index (κ1) is 13.8. The Balaban J connectivity index is 2.01. The molecule has 0 aromatic carbocycles. The summed E-state index contributed by atoms with van der Waals surface area (Å²) in [6.07, 6.45) is 6.07. The number of rotatable bonds is 8. The number of hydrogen-bond donors (Lipinski definition) is 1. The third kappa shape index (κ3) is 4.22. The van der Waals surface area contributed by atoms with E-state index in [9.17, 15) is 0 Å². The molecule has 1 aromatic heterocycles. The third-order valence-corrected chi connectivity index (χ3v) is 3.38. The third-order valence-electron chi connectivity index (χ3n) is 3.38. The average Bonchev–Trinajstić information content (AvgIpc) is 3.26. The van der Waals surface area contributed by atoms with Gasteiger partial charge in [-0.2, -0.15) is 5.26 Å². The molecule has 1 saturated carbocycles. The van der Waals surface area contributed by atoms with E-state index in [1.54, 1.807) is 0 Å². The van der Waals surface area contributed by atoms with Gasteiger partial charge in [-0.15, -0.1) is 0 Å². The van der Waals surface area contributed by atoms with Crippen LogP contribution in [0, 0.1) is 11.3 Å². The highest BCUT2D eigenvalue weighted by Crippen LogP contribution is 2.29. The Hall–Kier alpha value is -1.60. The molecule has 4 heteroatoms. The fraction of sp³-hybridized carbons (Fsp3) is 0.600. The zero-order chi connectivity index (χ0) is 13.5. The minimum atomic E-state index is 0.606. The van der Waals surface area contributed by atoms with E-state index in [-0.39, 0.29) is 0 Å². The van der Waals surface area contributed by atoms with Crippen LogP contribution in [0.25, 0.3) is 0 Å². The summed E-state index contributed by atoms with van der Waals surface area (Å²) in [5.74, 6) is 0.993. The standard InChI is InChI=1S/C15H22N4/c1-2-9-17-15-13(5-3-10-18-15)12-19(11-4-8-16)14-6-7-14/h3,5,10,14H,2,4,6-7,9,11-12H2,1H3,(H,17,18). The molecule has 1 aromatic rings. The SMILES string of the molecule is CCCNc1ncccc1CN(CCC#N)C1CC1. The molecule has 0 atom stereocenters. The minimum Gasteiger partial charge on any atom is -0.370 e. The minimum absolute atomic E-state index is 0.606. The second-order valence-electron chi connectivity index (χ2n) is 5.05. The number of nitriles is 1. The Bertz CT molecular complexity index is 434. The molecule has 1 fully saturated rings. The zero-order valence-corrected chi connectivity index (χ0v) is 11.6. The molecule has 0 amide bonds. The van der Waals surface area contributed by atoms with Crippen LogP contribution >= 0.6 is 0 Å². The number of aromatic nitrogens is 1. The van der Waals surface area contributed by atoms with Crippen LogP contribution in [0.3, 0.4) is 0 Å². The summed E-state index contributed by atoms with van der Waals surface area (Å²) in [5.41, 5.74) is 1.24. The fourth-order valence-corrected chi connectivity index (χ4v) is 2.21. The van der Waals surface area contributed by atoms with Gasteiger partial charge < -0.3 is 5.32 Å². The first-order valence-corrected chi connectivity index (χ1v) is 7.14. The molecule has 1 aliphatic rings. The monoisotopic (exact) mass is 258 g/mol. The predicted molar refractivity (Wildman–Crippen MR) is 76.7 cm³/mol. The number of hydrogen-bond acceptors (Lipinski definition) is 4. The van der Waals surface area contributed by atoms with Gasteiger partial charge in [0.15, 0.2) is 0 Å². The molecule has 2 rings (SSSR count). The molecule has 1 heterocycles. The molecular formula is C15H22N4. The molecule has 0 radical (unpaired) electrons. The summed E-state index contributed by atoms with van der Waals surface area (Å²) in [7, 11) is 0. The largest absolute Gasteiger partial charge is 0.370 e. The lowest BCUT2D eigenvalue weighted by Crippen LogP contribution is -2.27. The van der Waals surface area contributed by atoms with E-state index >= 15 is 0 Å². The summed E-state index contributed by atoms with van der Waals surface area (Å²) in [5, 5.41) is 12.1. The van der Waals surface area contributed by atoms with Gasteiger partial charge in [-0.1, -0.05) is 13.0 Å². The van der Waals surface area contributed by atoms with Gasteiger partial charge in [-0.05, 0) is 25.3 Å². The summed E-state index contributed by atoms with van der Waals surface area (Å²) < 4.78 is 0. The molecule has 0 aliphatic heterocycles. The maximum absolute atomic E-state index is 8.75. The zero-order valence-electron chi connectivity index (χ0n) is 11.6. The predicted octanol–water partition coefficient (Wildman–Crippen LogP) is 2.78. The van der Waals surface area contributed by atoms with E-state index in [1.165, 1.54) is 18.4 Å². The van der Waals surface area contributed by atoms with Crippen LogP contribution in [0.2, 0.25) is 0 Å². The first-order valence-electron chi connectivity index (χ1n) is 7.14. The molecule has 1 N–H and O–H groups in total. The van der Waals surface area contributed by atoms with E-state index in [0.717, 1.165) is 31.9 Å². The molecule has 0 saturated heterocycles. The van der Waals surface area contributed by atoms with Crippen molar-refractivity contribution in [3.8, 4) is 6.07 Å². The molecule has 1 aliphatic carbocycles. The Kier molecular flexibility index (Phi) is 5.17. The Morgan fingerprint density at radius 1 is 1.53 bits per heavy atom. The molecule has 4 nitrogen and oxygen atoms in total. The summed E-state index contributed by atoms with van der Waals surface area (Å²) in [6, 6.07) is 7.04. The summed E-state index contributed by atoms with van der Waals surface area (Å²) in [4.78, 5) is 6.84. The van der Waals surface area contributed by atoms with Crippen molar-refractivity contribution >= 4 is 5.82 Å². The van der Waals surface area contributed by atoms with Crippen LogP contribution < -0.4 is 5.32 Å². The second-order valence-corrected chi connectivity index (χ2v) is 5.05. The first-order chi connectivity index (χ1) is 9.35. The van der Waals surface area contributed by atoms with Crippen molar-refractivity contribution in [2.45, 2.75) is 45.2 Å². The van der Waals surface area contributed by atoms with Crippen molar-refractivity contribution in [3.63, 3.8) is 0 Å². The Morgan fingerprint density at radius 2 is 2.37 bits per heavy atom. The van der Waals surface area contributed by atoms with E-state index in [2.05, 4.69) is 34.3 Å². The van der Waals surface area contributed by atoms with E-state index in [1.807, 2.05) is 12.3 Å². The molecule has 0 bridgehead atoms. The van der Waals surface area contributed by atoms with Crippen LogP contribution in [-0.4, -0.2) is 29.0 Å². The molecule has 19 heavy (non-hydrogen) atoms. The Morgan fingerprint density at radius 3 is 3.05 bits per heavy atom. The number of nitrogens with zero attached hydrogens (tertiary/aromatic N) is 3. The average molecular weight is 258 g/mol. The summed E-state index contributed by atoms with van der Waals surface area (Å²) in [6.45, 7) is 4.86. The maximum atomic E-state index is 8.75. The van der Waals surface area contributed by atoms with Crippen LogP contribution in [-0.2, 0) is 6.54 Å². The van der Waals surface area contributed by atoms with Gasteiger partial charge in [0.25, 0.3) is 0 Å². The van der Waals surface area contributed by atoms with Crippen LogP contribution in [0.15, 0.2) is 18.3 Å². The lowest BCUT2D eigenvalue weighted by atomic mass is 10.2. The molecule has 0 unspecified atom stereocenters. The fourth-order valence-electron chi connectivity index (χ4n) is 2.21. The van der Waals surface area contributed by atoms with Gasteiger partial charge >= 0.3 is 0 Å². The van der Waals surface area contributed by atoms with Crippen molar-refractivity contribution in [1.82, 2.24) is 9.88 Å². The number of pyridine rings is 1. The van der Waals surface area contributed by atoms with Gasteiger partial charge in [-0.3, -0.25) is 4.90 Å². The number of nitrogens with one attached hydrogen (secondary N) is 1. The van der Waals surface area contributed by atoms with Crippen LogP contribution in [0.5, 0.6) is 0 Å². The van der Waals surface area contributed by atoms with Crippen LogP contribution in [0.1, 0.15) is 38.2 Å². The van der Waals surface area contributed by atoms with Gasteiger partial charge in [0.05, 0.1) is 6.07 Å². The lowest BCUT2D eigenvalue weighted by molar-refractivity contribution is 0.261. The Labute approximate surface area is 115 Å². The van der Waals surface area contributed by atoms with Gasteiger partial charge in [0.1, 0.15) is 5.82 Å². The van der Waals surface area contributed by atoms with E-state index in [0.29, 0.717) is 12.5 Å². The van der Waals surface area contributed by atoms with Crippen molar-refractivity contribution in [3.05, 3.63) is 23.9 Å². The quantitative estimate of drug-likeness (QED) is 0.779. The second kappa shape index (κ2) is 7.10. The maximum Gasteiger partial charge on any atom is 0.130 e. The van der Waals surface area contributed by atoms with Crippen molar-refractivity contribution < 1.29 is 0 Å². The molecule has 0 spiro atoms. The summed E-state index contributed by atoms with van der Waals surface area (Å²) >= 11 is 0. The van der Waals surface area contributed by atoms with E-state index in [4.69, 9.17) is 5.26 Å². The highest BCUT2D eigenvalue weighted by molar-refractivity contribution is 5.43. The smallest absolute Gasteiger partial charge is 0.130 e. The van der Waals surface area contributed by atoms with Crippen molar-refractivity contribution in [2.24, 2.45) is 0 Å². The van der Waals surface area contributed by atoms with Gasteiger partial charge in [-0.25, -0.2) is 4.98 Å². The molecular weight excluding hydrogens is 236 g/mol. The van der Waals surface area contributed by atoms with Crippen molar-refractivity contribution in [2.75, 3.05) is 18.4 Å². The van der Waals surface area contributed by atoms with Gasteiger partial charge in [0.2, 0.25) is 0 Å². The normalized spacial score (nSPS) is 14.4. The lowest BCUT2D eigenvalue weighted by Gasteiger charge is -2.22. The van der Waals surface area contributed by atoms with Crippen molar-refractivity contribution in [1.29, 1.82) is 5.26 Å². The molecule has 102 valence electrons. The highest BCUT2D eigenvalue weighted by atomic mass is 15.2. The van der Waals surface area contributed by atoms with Gasteiger partial charge in [0, 0.05) is 43.9 Å². The topological polar surface area (TPSA) is 52.0 Å².